The first-order valence-electron chi connectivity index (χ1n) is 8.16. The third-order valence-corrected chi connectivity index (χ3v) is 5.25. The van der Waals surface area contributed by atoms with Crippen LogP contribution < -0.4 is 0 Å². The molecular formula is C16H27NO3. The van der Waals surface area contributed by atoms with Gasteiger partial charge in [0, 0.05) is 25.6 Å². The van der Waals surface area contributed by atoms with Gasteiger partial charge in [-0.15, -0.1) is 0 Å². The first kappa shape index (κ1) is 14.5. The van der Waals surface area contributed by atoms with Crippen molar-refractivity contribution in [3.05, 3.63) is 0 Å². The van der Waals surface area contributed by atoms with Crippen LogP contribution in [-0.4, -0.2) is 55.7 Å². The number of nitrogens with zero attached hydrogens (tertiary/aromatic N) is 1. The fourth-order valence-corrected chi connectivity index (χ4v) is 4.03. The molecule has 3 fully saturated rings. The summed E-state index contributed by atoms with van der Waals surface area (Å²) in [7, 11) is 2.06. The zero-order chi connectivity index (χ0) is 14.0. The summed E-state index contributed by atoms with van der Waals surface area (Å²) < 4.78 is 11.8. The number of likely N-dealkylation sites (N-methyl/N-ethyl adjacent to an activating group) is 1. The monoisotopic (exact) mass is 281 g/mol. The van der Waals surface area contributed by atoms with E-state index < -0.39 is 0 Å². The second-order valence-corrected chi connectivity index (χ2v) is 6.81. The van der Waals surface area contributed by atoms with Crippen molar-refractivity contribution in [2.75, 3.05) is 33.4 Å². The van der Waals surface area contributed by atoms with Crippen LogP contribution in [0.4, 0.5) is 0 Å². The van der Waals surface area contributed by atoms with E-state index >= 15 is 0 Å². The SMILES string of the molecule is CN1CCOC(C(=O)C2CCOC3(CCCCC3)C2)C1. The van der Waals surface area contributed by atoms with Crippen molar-refractivity contribution in [3.8, 4) is 0 Å². The smallest absolute Gasteiger partial charge is 0.166 e. The van der Waals surface area contributed by atoms with Gasteiger partial charge in [-0.05, 0) is 32.7 Å². The van der Waals surface area contributed by atoms with Gasteiger partial charge in [-0.1, -0.05) is 19.3 Å². The molecule has 2 unspecified atom stereocenters. The molecule has 114 valence electrons. The van der Waals surface area contributed by atoms with Crippen molar-refractivity contribution in [3.63, 3.8) is 0 Å². The van der Waals surface area contributed by atoms with Crippen LogP contribution in [0.1, 0.15) is 44.9 Å². The van der Waals surface area contributed by atoms with Crippen LogP contribution >= 0.6 is 0 Å². The molecule has 3 rings (SSSR count). The lowest BCUT2D eigenvalue weighted by molar-refractivity contribution is -0.155. The Balaban J connectivity index is 1.62. The van der Waals surface area contributed by atoms with Crippen molar-refractivity contribution in [1.82, 2.24) is 4.90 Å². The van der Waals surface area contributed by atoms with Crippen LogP contribution in [0.5, 0.6) is 0 Å². The molecule has 0 bridgehead atoms. The van der Waals surface area contributed by atoms with E-state index in [-0.39, 0.29) is 17.6 Å². The lowest BCUT2D eigenvalue weighted by Crippen LogP contribution is -2.50. The Bertz CT molecular complexity index is 346. The molecular weight excluding hydrogens is 254 g/mol. The maximum absolute atomic E-state index is 12.7. The van der Waals surface area contributed by atoms with Crippen LogP contribution in [0.2, 0.25) is 0 Å². The summed E-state index contributed by atoms with van der Waals surface area (Å²) in [5.41, 5.74) is 0.0113. The molecule has 2 aliphatic heterocycles. The van der Waals surface area contributed by atoms with E-state index in [1.54, 1.807) is 0 Å². The average molecular weight is 281 g/mol. The zero-order valence-corrected chi connectivity index (χ0v) is 12.6. The first-order valence-corrected chi connectivity index (χ1v) is 8.16. The summed E-state index contributed by atoms with van der Waals surface area (Å²) in [6.07, 6.45) is 7.70. The van der Waals surface area contributed by atoms with Crippen LogP contribution in [0.3, 0.4) is 0 Å². The number of ketones is 1. The van der Waals surface area contributed by atoms with Gasteiger partial charge < -0.3 is 14.4 Å². The van der Waals surface area contributed by atoms with Crippen LogP contribution in [-0.2, 0) is 14.3 Å². The summed E-state index contributed by atoms with van der Waals surface area (Å²) in [5.74, 6) is 0.475. The van der Waals surface area contributed by atoms with E-state index in [4.69, 9.17) is 9.47 Å². The van der Waals surface area contributed by atoms with Crippen LogP contribution in [0.15, 0.2) is 0 Å². The minimum Gasteiger partial charge on any atom is -0.375 e. The molecule has 0 aromatic rings. The third-order valence-electron chi connectivity index (χ3n) is 5.25. The van der Waals surface area contributed by atoms with Crippen molar-refractivity contribution >= 4 is 5.78 Å². The number of ether oxygens (including phenoxy) is 2. The number of morpholine rings is 1. The summed E-state index contributed by atoms with van der Waals surface area (Å²) in [4.78, 5) is 14.9. The number of Topliss-reactive ketones (excluding diaryl/α,β-unsaturated/α-hetero) is 1. The predicted octanol–water partition coefficient (Wildman–Crippen LogP) is 2.02. The number of carbonyl (C=O) groups is 1. The normalized spacial score (nSPS) is 35.0. The lowest BCUT2D eigenvalue weighted by atomic mass is 9.74. The van der Waals surface area contributed by atoms with Gasteiger partial charge in [-0.3, -0.25) is 4.79 Å². The Morgan fingerprint density at radius 2 is 2.00 bits per heavy atom. The first-order chi connectivity index (χ1) is 9.69. The quantitative estimate of drug-likeness (QED) is 0.776. The van der Waals surface area contributed by atoms with Gasteiger partial charge in [-0.2, -0.15) is 0 Å². The summed E-state index contributed by atoms with van der Waals surface area (Å²) in [5, 5.41) is 0. The molecule has 1 aliphatic carbocycles. The highest BCUT2D eigenvalue weighted by Gasteiger charge is 2.42. The molecule has 2 atom stereocenters. The molecule has 0 N–H and O–H groups in total. The second kappa shape index (κ2) is 6.12. The van der Waals surface area contributed by atoms with Crippen LogP contribution in [0, 0.1) is 5.92 Å². The van der Waals surface area contributed by atoms with Crippen molar-refractivity contribution < 1.29 is 14.3 Å². The highest BCUT2D eigenvalue weighted by Crippen LogP contribution is 2.41. The highest BCUT2D eigenvalue weighted by molar-refractivity contribution is 5.86. The van der Waals surface area contributed by atoms with Gasteiger partial charge >= 0.3 is 0 Å². The fraction of sp³-hybridized carbons (Fsp3) is 0.938. The predicted molar refractivity (Wildman–Crippen MR) is 76.7 cm³/mol. The summed E-state index contributed by atoms with van der Waals surface area (Å²) in [6.45, 7) is 3.12. The Morgan fingerprint density at radius 1 is 1.20 bits per heavy atom. The van der Waals surface area contributed by atoms with Gasteiger partial charge in [-0.25, -0.2) is 0 Å². The Morgan fingerprint density at radius 3 is 2.75 bits per heavy atom. The van der Waals surface area contributed by atoms with Crippen molar-refractivity contribution in [2.24, 2.45) is 5.92 Å². The standard InChI is InChI=1S/C16H27NO3/c1-17-8-10-19-14(12-17)15(18)13-5-9-20-16(11-13)6-3-2-4-7-16/h13-14H,2-12H2,1H3. The molecule has 1 saturated carbocycles. The number of hydrogen-bond donors (Lipinski definition) is 0. The molecule has 0 radical (unpaired) electrons. The van der Waals surface area contributed by atoms with E-state index in [1.165, 1.54) is 19.3 Å². The molecule has 20 heavy (non-hydrogen) atoms. The molecule has 2 saturated heterocycles. The molecule has 0 amide bonds. The maximum Gasteiger partial charge on any atom is 0.166 e. The fourth-order valence-electron chi connectivity index (χ4n) is 4.03. The van der Waals surface area contributed by atoms with Crippen molar-refractivity contribution in [1.29, 1.82) is 0 Å². The Labute approximate surface area is 121 Å². The lowest BCUT2D eigenvalue weighted by Gasteiger charge is -2.44. The second-order valence-electron chi connectivity index (χ2n) is 6.81. The summed E-state index contributed by atoms with van der Waals surface area (Å²) in [6, 6.07) is 0. The van der Waals surface area contributed by atoms with E-state index in [0.29, 0.717) is 12.4 Å². The molecule has 1 spiro atoms. The topological polar surface area (TPSA) is 38.8 Å². The van der Waals surface area contributed by atoms with Crippen LogP contribution in [0.25, 0.3) is 0 Å². The molecule has 4 heteroatoms. The Hall–Kier alpha value is -0.450. The maximum atomic E-state index is 12.7. The van der Waals surface area contributed by atoms with E-state index in [1.807, 2.05) is 0 Å². The van der Waals surface area contributed by atoms with Gasteiger partial charge in [0.25, 0.3) is 0 Å². The number of carbonyl (C=O) groups excluding carboxylic acids is 1. The molecule has 0 aromatic carbocycles. The minimum absolute atomic E-state index is 0.0113. The largest absolute Gasteiger partial charge is 0.375 e. The van der Waals surface area contributed by atoms with E-state index in [2.05, 4.69) is 11.9 Å². The third kappa shape index (κ3) is 3.07. The van der Waals surface area contributed by atoms with E-state index in [9.17, 15) is 4.79 Å². The number of hydrogen-bond acceptors (Lipinski definition) is 4. The van der Waals surface area contributed by atoms with Gasteiger partial charge in [0.15, 0.2) is 5.78 Å². The summed E-state index contributed by atoms with van der Waals surface area (Å²) >= 11 is 0. The zero-order valence-electron chi connectivity index (χ0n) is 12.6. The van der Waals surface area contributed by atoms with Gasteiger partial charge in [0.1, 0.15) is 6.10 Å². The van der Waals surface area contributed by atoms with Gasteiger partial charge in [0.05, 0.1) is 12.2 Å². The molecule has 4 nitrogen and oxygen atoms in total. The van der Waals surface area contributed by atoms with Gasteiger partial charge in [0.2, 0.25) is 0 Å². The Kier molecular flexibility index (Phi) is 4.43. The number of rotatable bonds is 2. The molecule has 0 aromatic heterocycles. The molecule has 3 aliphatic rings. The van der Waals surface area contributed by atoms with Crippen molar-refractivity contribution in [2.45, 2.75) is 56.7 Å². The average Bonchev–Trinajstić information content (AvgIpc) is 2.47. The highest BCUT2D eigenvalue weighted by atomic mass is 16.5. The minimum atomic E-state index is -0.211. The molecule has 2 heterocycles. The van der Waals surface area contributed by atoms with E-state index in [0.717, 1.165) is 45.4 Å².